The van der Waals surface area contributed by atoms with Gasteiger partial charge in [0.15, 0.2) is 0 Å². The molecular formula is C19H16N4O3. The molecule has 0 spiro atoms. The number of hydrogen-bond donors (Lipinski definition) is 3. The first kappa shape index (κ1) is 15.9. The molecule has 0 fully saturated rings. The van der Waals surface area contributed by atoms with E-state index in [1.54, 1.807) is 13.4 Å². The van der Waals surface area contributed by atoms with E-state index in [1.807, 2.05) is 42.5 Å². The number of ether oxygens (including phenoxy) is 1. The molecule has 0 saturated carbocycles. The maximum Gasteiger partial charge on any atom is 0.253 e. The minimum Gasteiger partial charge on any atom is -0.497 e. The number of aromatic nitrogens is 2. The van der Waals surface area contributed by atoms with Gasteiger partial charge in [0, 0.05) is 12.2 Å². The second-order valence-electron chi connectivity index (χ2n) is 5.87. The molecule has 0 unspecified atom stereocenters. The number of imidazole rings is 1. The van der Waals surface area contributed by atoms with Crippen molar-refractivity contribution in [1.29, 1.82) is 0 Å². The molecule has 0 amide bonds. The van der Waals surface area contributed by atoms with Crippen LogP contribution >= 0.6 is 0 Å². The minimum atomic E-state index is -0.528. The number of fused-ring (bicyclic) bond motifs is 1. The van der Waals surface area contributed by atoms with Gasteiger partial charge in [0.1, 0.15) is 17.1 Å². The van der Waals surface area contributed by atoms with Crippen LogP contribution < -0.4 is 26.2 Å². The van der Waals surface area contributed by atoms with Gasteiger partial charge in [-0.1, -0.05) is 12.1 Å². The van der Waals surface area contributed by atoms with E-state index in [1.165, 1.54) is 0 Å². The van der Waals surface area contributed by atoms with Crippen molar-refractivity contribution in [3.63, 3.8) is 0 Å². The number of nitrogens with zero attached hydrogens (tertiary/aromatic N) is 1. The second-order valence-corrected chi connectivity index (χ2v) is 5.87. The molecule has 0 atom stereocenters. The molecule has 130 valence electrons. The summed E-state index contributed by atoms with van der Waals surface area (Å²) in [7, 11) is 1.60. The van der Waals surface area contributed by atoms with Crippen LogP contribution in [-0.4, -0.2) is 17.1 Å². The highest BCUT2D eigenvalue weighted by Crippen LogP contribution is 2.24. The van der Waals surface area contributed by atoms with Gasteiger partial charge in [0.05, 0.1) is 24.5 Å². The molecule has 1 heterocycles. The van der Waals surface area contributed by atoms with E-state index in [4.69, 9.17) is 4.74 Å². The molecule has 0 aliphatic rings. The molecular weight excluding hydrogens is 332 g/mol. The molecule has 0 aliphatic carbocycles. The quantitative estimate of drug-likeness (QED) is 0.463. The van der Waals surface area contributed by atoms with E-state index < -0.39 is 10.9 Å². The molecule has 0 aliphatic heterocycles. The van der Waals surface area contributed by atoms with E-state index in [0.717, 1.165) is 22.3 Å². The monoisotopic (exact) mass is 348 g/mol. The fourth-order valence-corrected chi connectivity index (χ4v) is 2.81. The van der Waals surface area contributed by atoms with Crippen LogP contribution in [0, 0.1) is 0 Å². The average molecular weight is 348 g/mol. The van der Waals surface area contributed by atoms with Gasteiger partial charge in [0.2, 0.25) is 0 Å². The van der Waals surface area contributed by atoms with Gasteiger partial charge in [0.25, 0.3) is 10.9 Å². The maximum absolute atomic E-state index is 11.9. The summed E-state index contributed by atoms with van der Waals surface area (Å²) in [5, 5.41) is 6.06. The molecule has 4 rings (SSSR count). The molecule has 3 N–H and O–H groups in total. The number of H-pyrrole nitrogens is 1. The van der Waals surface area contributed by atoms with E-state index in [2.05, 4.69) is 20.6 Å². The van der Waals surface area contributed by atoms with Crippen molar-refractivity contribution >= 4 is 28.1 Å². The van der Waals surface area contributed by atoms with Crippen LogP contribution in [0.15, 0.2) is 58.4 Å². The Morgan fingerprint density at radius 1 is 1.08 bits per heavy atom. The van der Waals surface area contributed by atoms with Crippen LogP contribution in [0.5, 0.6) is 5.75 Å². The van der Waals surface area contributed by atoms with Crippen LogP contribution in [0.2, 0.25) is 0 Å². The predicted octanol–water partition coefficient (Wildman–Crippen LogP) is 2.52. The first-order valence-corrected chi connectivity index (χ1v) is 8.06. The number of benzene rings is 2. The van der Waals surface area contributed by atoms with Gasteiger partial charge in [-0.2, -0.15) is 0 Å². The topological polar surface area (TPSA) is 96.1 Å². The Balaban J connectivity index is 1.53. The summed E-state index contributed by atoms with van der Waals surface area (Å²) in [6.07, 6.45) is 1.60. The number of hydrogen-bond acceptors (Lipinski definition) is 6. The Morgan fingerprint density at radius 2 is 1.92 bits per heavy atom. The van der Waals surface area contributed by atoms with Gasteiger partial charge < -0.3 is 20.4 Å². The van der Waals surface area contributed by atoms with E-state index >= 15 is 0 Å². The first-order chi connectivity index (χ1) is 12.7. The first-order valence-electron chi connectivity index (χ1n) is 8.06. The second kappa shape index (κ2) is 6.36. The third kappa shape index (κ3) is 2.79. The van der Waals surface area contributed by atoms with Gasteiger partial charge in [-0.3, -0.25) is 9.59 Å². The Bertz CT molecular complexity index is 1160. The van der Waals surface area contributed by atoms with Crippen molar-refractivity contribution < 1.29 is 4.74 Å². The van der Waals surface area contributed by atoms with E-state index in [-0.39, 0.29) is 5.69 Å². The lowest BCUT2D eigenvalue weighted by molar-refractivity contribution is 0.414. The summed E-state index contributed by atoms with van der Waals surface area (Å²) in [6, 6.07) is 13.0. The number of anilines is 3. The number of rotatable bonds is 6. The largest absolute Gasteiger partial charge is 0.497 e. The molecule has 7 heteroatoms. The van der Waals surface area contributed by atoms with Crippen LogP contribution in [0.25, 0.3) is 11.0 Å². The van der Waals surface area contributed by atoms with Crippen molar-refractivity contribution in [2.75, 3.05) is 17.7 Å². The zero-order chi connectivity index (χ0) is 18.1. The fourth-order valence-electron chi connectivity index (χ4n) is 2.81. The standard InChI is InChI=1S/C19H16N4O3/c1-26-13-4-2-3-11(7-13)9-20-16-17(19(25)18(16)24)23-12-5-6-14-15(8-12)22-10-21-14/h2-8,10,20,23H,9H2,1H3,(H,21,22). The molecule has 4 aromatic rings. The lowest BCUT2D eigenvalue weighted by Crippen LogP contribution is -2.36. The summed E-state index contributed by atoms with van der Waals surface area (Å²) < 4.78 is 5.19. The minimum absolute atomic E-state index is 0.271. The van der Waals surface area contributed by atoms with Crippen molar-refractivity contribution in [3.8, 4) is 5.75 Å². The van der Waals surface area contributed by atoms with Crippen LogP contribution in [-0.2, 0) is 6.54 Å². The highest BCUT2D eigenvalue weighted by atomic mass is 16.5. The third-order valence-corrected chi connectivity index (χ3v) is 4.20. The van der Waals surface area contributed by atoms with Gasteiger partial charge in [-0.25, -0.2) is 4.98 Å². The molecule has 1 aromatic heterocycles. The predicted molar refractivity (Wildman–Crippen MR) is 101 cm³/mol. The van der Waals surface area contributed by atoms with Crippen molar-refractivity contribution in [2.45, 2.75) is 6.54 Å². The highest BCUT2D eigenvalue weighted by Gasteiger charge is 2.21. The molecule has 0 radical (unpaired) electrons. The average Bonchev–Trinajstić information content (AvgIpc) is 3.15. The maximum atomic E-state index is 11.9. The smallest absolute Gasteiger partial charge is 0.253 e. The number of methoxy groups -OCH3 is 1. The highest BCUT2D eigenvalue weighted by molar-refractivity contribution is 5.84. The molecule has 0 bridgehead atoms. The van der Waals surface area contributed by atoms with Gasteiger partial charge in [-0.05, 0) is 35.9 Å². The van der Waals surface area contributed by atoms with Crippen molar-refractivity contribution in [2.24, 2.45) is 0 Å². The van der Waals surface area contributed by atoms with Crippen molar-refractivity contribution in [1.82, 2.24) is 9.97 Å². The third-order valence-electron chi connectivity index (χ3n) is 4.20. The van der Waals surface area contributed by atoms with E-state index in [0.29, 0.717) is 17.9 Å². The van der Waals surface area contributed by atoms with E-state index in [9.17, 15) is 9.59 Å². The van der Waals surface area contributed by atoms with Crippen LogP contribution in [0.3, 0.4) is 0 Å². The lowest BCUT2D eigenvalue weighted by Gasteiger charge is -2.15. The van der Waals surface area contributed by atoms with Crippen LogP contribution in [0.4, 0.5) is 17.1 Å². The zero-order valence-corrected chi connectivity index (χ0v) is 14.0. The van der Waals surface area contributed by atoms with Crippen LogP contribution in [0.1, 0.15) is 5.56 Å². The summed E-state index contributed by atoms with van der Waals surface area (Å²) in [5.41, 5.74) is 2.84. The summed E-state index contributed by atoms with van der Waals surface area (Å²) >= 11 is 0. The Morgan fingerprint density at radius 3 is 2.77 bits per heavy atom. The number of aromatic amines is 1. The Labute approximate surface area is 148 Å². The molecule has 7 nitrogen and oxygen atoms in total. The van der Waals surface area contributed by atoms with Gasteiger partial charge in [-0.15, -0.1) is 0 Å². The fraction of sp³-hybridized carbons (Fsp3) is 0.105. The summed E-state index contributed by atoms with van der Waals surface area (Å²) in [5.74, 6) is 0.736. The Hall–Kier alpha value is -3.61. The SMILES string of the molecule is COc1cccc(CNc2c(Nc3ccc4[nH]cnc4c3)c(=O)c2=O)c1. The summed E-state index contributed by atoms with van der Waals surface area (Å²) in [6.45, 7) is 0.412. The summed E-state index contributed by atoms with van der Waals surface area (Å²) in [4.78, 5) is 31.1. The van der Waals surface area contributed by atoms with Gasteiger partial charge >= 0.3 is 0 Å². The molecule has 3 aromatic carbocycles. The number of nitrogens with one attached hydrogen (secondary N) is 3. The molecule has 0 saturated heterocycles. The molecule has 26 heavy (non-hydrogen) atoms. The Kier molecular flexibility index (Phi) is 3.89. The van der Waals surface area contributed by atoms with Crippen molar-refractivity contribution in [3.05, 3.63) is 74.8 Å². The zero-order valence-electron chi connectivity index (χ0n) is 14.0. The lowest BCUT2D eigenvalue weighted by atomic mass is 10.1. The normalized spacial score (nSPS) is 11.0.